The summed E-state index contributed by atoms with van der Waals surface area (Å²) in [5, 5.41) is 9.37. The van der Waals surface area contributed by atoms with Crippen molar-refractivity contribution in [2.75, 3.05) is 26.9 Å². The van der Waals surface area contributed by atoms with Crippen LogP contribution in [0.4, 0.5) is 4.39 Å². The van der Waals surface area contributed by atoms with Crippen molar-refractivity contribution in [3.63, 3.8) is 0 Å². The molecule has 0 saturated carbocycles. The maximum atomic E-state index is 14.7. The summed E-state index contributed by atoms with van der Waals surface area (Å²) in [5.41, 5.74) is -0.154. The van der Waals surface area contributed by atoms with E-state index < -0.39 is 29.2 Å². The number of methoxy groups -OCH3 is 1. The number of thiophene rings is 1. The van der Waals surface area contributed by atoms with E-state index in [1.54, 1.807) is 11.8 Å². The number of hydrogen-bond donors (Lipinski definition) is 0. The standard InChI is InChI=1S/C30H35FN6O6S/c1-17(2)34-12-7-22(26(34)38)36-27(39)25-18(3)28(37-32-10-11-33-37)44-29(25)35(30(36)40)16-24(43-20-8-13-42-14-9-20)21-15-19(31)5-6-23(21)41-4/h5-6,10-11,15,17,20,22,24H,7-9,12-14,16H2,1-4H3/t22-,24+/m1/s1. The lowest BCUT2D eigenvalue weighted by atomic mass is 10.1. The Morgan fingerprint density at radius 2 is 1.84 bits per heavy atom. The molecule has 2 aliphatic rings. The minimum Gasteiger partial charge on any atom is -0.496 e. The first-order valence-electron chi connectivity index (χ1n) is 14.7. The number of fused-ring (bicyclic) bond motifs is 1. The van der Waals surface area contributed by atoms with Crippen LogP contribution in [0, 0.1) is 12.7 Å². The number of ether oxygens (including phenoxy) is 3. The highest BCUT2D eigenvalue weighted by Gasteiger charge is 2.38. The second-order valence-corrected chi connectivity index (χ2v) is 12.3. The van der Waals surface area contributed by atoms with Gasteiger partial charge in [0.25, 0.3) is 5.56 Å². The zero-order valence-electron chi connectivity index (χ0n) is 25.1. The highest BCUT2D eigenvalue weighted by molar-refractivity contribution is 7.21. The predicted molar refractivity (Wildman–Crippen MR) is 161 cm³/mol. The third-order valence-corrected chi connectivity index (χ3v) is 9.66. The highest BCUT2D eigenvalue weighted by atomic mass is 32.1. The fraction of sp³-hybridized carbons (Fsp3) is 0.500. The molecule has 2 fully saturated rings. The summed E-state index contributed by atoms with van der Waals surface area (Å²) in [5.74, 6) is -0.342. The Bertz CT molecular complexity index is 1790. The van der Waals surface area contributed by atoms with Gasteiger partial charge < -0.3 is 19.1 Å². The summed E-state index contributed by atoms with van der Waals surface area (Å²) < 4.78 is 34.9. The van der Waals surface area contributed by atoms with E-state index in [1.165, 1.54) is 58.4 Å². The van der Waals surface area contributed by atoms with E-state index in [0.29, 0.717) is 71.1 Å². The number of carbonyl (C=O) groups is 1. The molecule has 1 amide bonds. The van der Waals surface area contributed by atoms with Crippen molar-refractivity contribution in [3.05, 3.63) is 68.4 Å². The largest absolute Gasteiger partial charge is 0.496 e. The molecule has 1 aromatic carbocycles. The molecule has 2 atom stereocenters. The molecule has 6 rings (SSSR count). The molecule has 14 heteroatoms. The monoisotopic (exact) mass is 626 g/mol. The molecule has 0 N–H and O–H groups in total. The van der Waals surface area contributed by atoms with Gasteiger partial charge in [0.15, 0.2) is 0 Å². The van der Waals surface area contributed by atoms with Gasteiger partial charge in [-0.15, -0.1) is 4.80 Å². The zero-order valence-corrected chi connectivity index (χ0v) is 25.9. The Balaban J connectivity index is 1.56. The van der Waals surface area contributed by atoms with Gasteiger partial charge in [-0.1, -0.05) is 11.3 Å². The van der Waals surface area contributed by atoms with Crippen molar-refractivity contribution in [2.45, 2.75) is 70.9 Å². The molecule has 12 nitrogen and oxygen atoms in total. The first-order chi connectivity index (χ1) is 21.2. The molecule has 234 valence electrons. The number of likely N-dealkylation sites (tertiary alicyclic amines) is 1. The van der Waals surface area contributed by atoms with E-state index in [0.717, 1.165) is 4.57 Å². The minimum absolute atomic E-state index is 0.0620. The van der Waals surface area contributed by atoms with Crippen LogP contribution < -0.4 is 16.0 Å². The van der Waals surface area contributed by atoms with Crippen LogP contribution in [0.3, 0.4) is 0 Å². The highest BCUT2D eigenvalue weighted by Crippen LogP contribution is 2.36. The van der Waals surface area contributed by atoms with E-state index in [9.17, 15) is 18.8 Å². The fourth-order valence-electron chi connectivity index (χ4n) is 6.12. The smallest absolute Gasteiger partial charge is 0.332 e. The number of amides is 1. The van der Waals surface area contributed by atoms with E-state index in [-0.39, 0.29) is 24.6 Å². The van der Waals surface area contributed by atoms with Gasteiger partial charge in [-0.25, -0.2) is 13.8 Å². The quantitative estimate of drug-likeness (QED) is 0.277. The van der Waals surface area contributed by atoms with Gasteiger partial charge >= 0.3 is 5.69 Å². The lowest BCUT2D eigenvalue weighted by Gasteiger charge is -2.29. The molecule has 2 aliphatic heterocycles. The van der Waals surface area contributed by atoms with Gasteiger partial charge in [0.2, 0.25) is 5.91 Å². The van der Waals surface area contributed by atoms with Gasteiger partial charge in [0, 0.05) is 36.9 Å². The van der Waals surface area contributed by atoms with Gasteiger partial charge in [-0.2, -0.15) is 10.2 Å². The average Bonchev–Trinajstić information content (AvgIpc) is 3.75. The molecule has 0 aliphatic carbocycles. The number of benzene rings is 1. The summed E-state index contributed by atoms with van der Waals surface area (Å²) in [7, 11) is 1.49. The lowest BCUT2D eigenvalue weighted by molar-refractivity contribution is -0.131. The maximum Gasteiger partial charge on any atom is 0.332 e. The molecule has 2 saturated heterocycles. The predicted octanol–water partition coefficient (Wildman–Crippen LogP) is 3.38. The molecular weight excluding hydrogens is 591 g/mol. The number of carbonyl (C=O) groups excluding carboxylic acids is 1. The van der Waals surface area contributed by atoms with Crippen LogP contribution in [-0.4, -0.2) is 73.9 Å². The first kappa shape index (κ1) is 30.2. The summed E-state index contributed by atoms with van der Waals surface area (Å²) in [6.45, 7) is 7.00. The zero-order chi connectivity index (χ0) is 31.1. The van der Waals surface area contributed by atoms with Crippen LogP contribution in [0.1, 0.15) is 56.4 Å². The number of hydrogen-bond acceptors (Lipinski definition) is 9. The second-order valence-electron chi connectivity index (χ2n) is 11.4. The Labute approximate surface area is 256 Å². The number of rotatable bonds is 9. The molecule has 0 unspecified atom stereocenters. The van der Waals surface area contributed by atoms with Crippen LogP contribution in [0.2, 0.25) is 0 Å². The van der Waals surface area contributed by atoms with Gasteiger partial charge in [-0.05, 0) is 58.2 Å². The van der Waals surface area contributed by atoms with Crippen molar-refractivity contribution in [2.24, 2.45) is 0 Å². The molecule has 44 heavy (non-hydrogen) atoms. The molecule has 0 bridgehead atoms. The van der Waals surface area contributed by atoms with Crippen molar-refractivity contribution in [1.82, 2.24) is 29.0 Å². The Morgan fingerprint density at radius 1 is 1.11 bits per heavy atom. The van der Waals surface area contributed by atoms with Crippen molar-refractivity contribution >= 4 is 27.5 Å². The third-order valence-electron chi connectivity index (χ3n) is 8.38. The number of aromatic nitrogens is 5. The maximum absolute atomic E-state index is 14.7. The Hall–Kier alpha value is -3.88. The Kier molecular flexibility index (Phi) is 8.40. The van der Waals surface area contributed by atoms with E-state index in [2.05, 4.69) is 10.2 Å². The lowest BCUT2D eigenvalue weighted by Crippen LogP contribution is -2.45. The molecule has 3 aromatic heterocycles. The summed E-state index contributed by atoms with van der Waals surface area (Å²) in [6, 6.07) is 3.15. The van der Waals surface area contributed by atoms with Crippen LogP contribution in [0.25, 0.3) is 15.2 Å². The molecule has 0 radical (unpaired) electrons. The summed E-state index contributed by atoms with van der Waals surface area (Å²) in [4.78, 5) is 45.6. The van der Waals surface area contributed by atoms with Crippen molar-refractivity contribution < 1.29 is 23.4 Å². The van der Waals surface area contributed by atoms with Crippen LogP contribution in [-0.2, 0) is 20.8 Å². The average molecular weight is 627 g/mol. The Morgan fingerprint density at radius 3 is 2.50 bits per heavy atom. The molecular formula is C30H35FN6O6S. The van der Waals surface area contributed by atoms with Crippen molar-refractivity contribution in [3.8, 4) is 10.8 Å². The van der Waals surface area contributed by atoms with Gasteiger partial charge in [0.05, 0.1) is 37.5 Å². The van der Waals surface area contributed by atoms with Crippen LogP contribution in [0.5, 0.6) is 5.75 Å². The fourth-order valence-corrected chi connectivity index (χ4v) is 7.34. The molecule has 5 heterocycles. The minimum atomic E-state index is -0.947. The third kappa shape index (κ3) is 5.35. The summed E-state index contributed by atoms with van der Waals surface area (Å²) in [6.07, 6.45) is 3.62. The van der Waals surface area contributed by atoms with Crippen LogP contribution in [0.15, 0.2) is 40.2 Å². The molecule has 4 aromatic rings. The molecule has 0 spiro atoms. The van der Waals surface area contributed by atoms with Gasteiger partial charge in [-0.3, -0.25) is 14.2 Å². The van der Waals surface area contributed by atoms with Gasteiger partial charge in [0.1, 0.15) is 33.5 Å². The van der Waals surface area contributed by atoms with Crippen molar-refractivity contribution in [1.29, 1.82) is 0 Å². The number of nitrogens with zero attached hydrogens (tertiary/aromatic N) is 6. The van der Waals surface area contributed by atoms with Crippen LogP contribution >= 0.6 is 11.3 Å². The number of aryl methyl sites for hydroxylation is 1. The topological polar surface area (TPSA) is 123 Å². The SMILES string of the molecule is COc1ccc(F)cc1[C@H](Cn1c(=O)n([C@@H]2CCN(C(C)C)C2=O)c(=O)c2c(C)c(-n3nccn3)sc21)OC1CCOCC1. The first-order valence-corrected chi connectivity index (χ1v) is 15.5. The number of halogens is 1. The second kappa shape index (κ2) is 12.3. The van der Waals surface area contributed by atoms with E-state index in [1.807, 2.05) is 13.8 Å². The summed E-state index contributed by atoms with van der Waals surface area (Å²) >= 11 is 1.20. The van der Waals surface area contributed by atoms with E-state index in [4.69, 9.17) is 14.2 Å². The normalized spacial score (nSPS) is 18.5. The van der Waals surface area contributed by atoms with E-state index >= 15 is 0 Å².